The molecule has 0 unspecified atom stereocenters. The van der Waals surface area contributed by atoms with Gasteiger partial charge in [-0.2, -0.15) is 13.2 Å². The average Bonchev–Trinajstić information content (AvgIpc) is 2.17. The largest absolute Gasteiger partial charge is 0.433 e. The maximum Gasteiger partial charge on any atom is 0.433 e. The van der Waals surface area contributed by atoms with Gasteiger partial charge in [-0.25, -0.2) is 4.98 Å². The molecule has 15 heavy (non-hydrogen) atoms. The van der Waals surface area contributed by atoms with Gasteiger partial charge in [0, 0.05) is 6.42 Å². The Labute approximate surface area is 86.3 Å². The van der Waals surface area contributed by atoms with E-state index >= 15 is 0 Å². The van der Waals surface area contributed by atoms with E-state index in [0.29, 0.717) is 5.69 Å². The smallest absolute Gasteiger partial charge is 0.350 e. The first kappa shape index (κ1) is 12.0. The third-order valence-corrected chi connectivity index (χ3v) is 2.12. The van der Waals surface area contributed by atoms with Crippen molar-refractivity contribution in [1.82, 2.24) is 4.98 Å². The summed E-state index contributed by atoms with van der Waals surface area (Å²) in [5, 5.41) is 0. The van der Waals surface area contributed by atoms with E-state index < -0.39 is 11.9 Å². The molecule has 5 heteroatoms. The fraction of sp³-hybridized carbons (Fsp3) is 0.500. The van der Waals surface area contributed by atoms with Crippen LogP contribution < -0.4 is 5.73 Å². The number of alkyl halides is 3. The van der Waals surface area contributed by atoms with Gasteiger partial charge in [0.05, 0.1) is 5.69 Å². The SMILES string of the molecule is CCC[C@H]([NH3+])c1cccc(C(F)(F)F)n1. The highest BCUT2D eigenvalue weighted by atomic mass is 19.4. The molecule has 3 N–H and O–H groups in total. The van der Waals surface area contributed by atoms with Crippen LogP contribution in [0.15, 0.2) is 18.2 Å². The fourth-order valence-electron chi connectivity index (χ4n) is 1.33. The van der Waals surface area contributed by atoms with E-state index in [4.69, 9.17) is 0 Å². The zero-order chi connectivity index (χ0) is 11.5. The number of pyridine rings is 1. The maximum absolute atomic E-state index is 12.3. The van der Waals surface area contributed by atoms with E-state index in [1.165, 1.54) is 6.07 Å². The van der Waals surface area contributed by atoms with Crippen molar-refractivity contribution < 1.29 is 18.9 Å². The molecule has 0 aliphatic rings. The van der Waals surface area contributed by atoms with Crippen molar-refractivity contribution in [3.63, 3.8) is 0 Å². The molecule has 0 saturated carbocycles. The summed E-state index contributed by atoms with van der Waals surface area (Å²) >= 11 is 0. The van der Waals surface area contributed by atoms with Crippen LogP contribution in [0.1, 0.15) is 37.2 Å². The van der Waals surface area contributed by atoms with Gasteiger partial charge in [-0.1, -0.05) is 19.4 Å². The third kappa shape index (κ3) is 3.20. The minimum Gasteiger partial charge on any atom is -0.350 e. The zero-order valence-corrected chi connectivity index (χ0v) is 8.51. The first-order chi connectivity index (χ1) is 6.95. The van der Waals surface area contributed by atoms with Gasteiger partial charge in [-0.3, -0.25) is 0 Å². The molecule has 2 nitrogen and oxygen atoms in total. The molecule has 1 atom stereocenters. The lowest BCUT2D eigenvalue weighted by molar-refractivity contribution is -0.429. The summed E-state index contributed by atoms with van der Waals surface area (Å²) < 4.78 is 37.0. The fourth-order valence-corrected chi connectivity index (χ4v) is 1.33. The highest BCUT2D eigenvalue weighted by Crippen LogP contribution is 2.28. The van der Waals surface area contributed by atoms with Crippen molar-refractivity contribution in [2.75, 3.05) is 0 Å². The lowest BCUT2D eigenvalue weighted by atomic mass is 10.1. The van der Waals surface area contributed by atoms with Gasteiger partial charge in [0.1, 0.15) is 11.7 Å². The van der Waals surface area contributed by atoms with E-state index in [-0.39, 0.29) is 6.04 Å². The number of halogens is 3. The van der Waals surface area contributed by atoms with Gasteiger partial charge in [-0.15, -0.1) is 0 Å². The van der Waals surface area contributed by atoms with Crippen LogP contribution in [0.5, 0.6) is 0 Å². The van der Waals surface area contributed by atoms with E-state index in [1.54, 1.807) is 6.07 Å². The van der Waals surface area contributed by atoms with Crippen molar-refractivity contribution in [2.24, 2.45) is 0 Å². The number of quaternary nitrogens is 1. The summed E-state index contributed by atoms with van der Waals surface area (Å²) in [5.74, 6) is 0. The molecule has 1 heterocycles. The maximum atomic E-state index is 12.3. The van der Waals surface area contributed by atoms with E-state index in [9.17, 15) is 13.2 Å². The Bertz CT molecular complexity index is 323. The Kier molecular flexibility index (Phi) is 3.68. The normalized spacial score (nSPS) is 13.9. The molecule has 0 aliphatic heterocycles. The van der Waals surface area contributed by atoms with Gasteiger partial charge < -0.3 is 5.73 Å². The number of aromatic nitrogens is 1. The van der Waals surface area contributed by atoms with Crippen LogP contribution >= 0.6 is 0 Å². The van der Waals surface area contributed by atoms with Crippen molar-refractivity contribution >= 4 is 0 Å². The van der Waals surface area contributed by atoms with Gasteiger partial charge in [0.2, 0.25) is 0 Å². The summed E-state index contributed by atoms with van der Waals surface area (Å²) in [5.41, 5.74) is 3.36. The second kappa shape index (κ2) is 4.61. The van der Waals surface area contributed by atoms with Crippen molar-refractivity contribution in [2.45, 2.75) is 32.0 Å². The van der Waals surface area contributed by atoms with E-state index in [0.717, 1.165) is 18.9 Å². The molecular formula is C10H14F3N2+. The van der Waals surface area contributed by atoms with Crippen LogP contribution in [-0.2, 0) is 6.18 Å². The number of rotatable bonds is 3. The average molecular weight is 219 g/mol. The van der Waals surface area contributed by atoms with Crippen molar-refractivity contribution in [1.29, 1.82) is 0 Å². The standard InChI is InChI=1S/C10H13F3N2/c1-2-4-7(14)8-5-3-6-9(15-8)10(11,12)13/h3,5-7H,2,4,14H2,1H3/p+1/t7-/m0/s1. The molecule has 0 saturated heterocycles. The van der Waals surface area contributed by atoms with Crippen LogP contribution in [-0.4, -0.2) is 4.98 Å². The second-order valence-electron chi connectivity index (χ2n) is 3.43. The Balaban J connectivity index is 2.92. The molecule has 0 spiro atoms. The molecule has 0 amide bonds. The number of nitrogens with zero attached hydrogens (tertiary/aromatic N) is 1. The predicted octanol–water partition coefficient (Wildman–Crippen LogP) is 2.18. The summed E-state index contributed by atoms with van der Waals surface area (Å²) in [6.45, 7) is 1.96. The van der Waals surface area contributed by atoms with Crippen LogP contribution in [0, 0.1) is 0 Å². The zero-order valence-electron chi connectivity index (χ0n) is 8.51. The van der Waals surface area contributed by atoms with Gasteiger partial charge >= 0.3 is 6.18 Å². The lowest BCUT2D eigenvalue weighted by Crippen LogP contribution is -2.53. The number of hydrogen-bond acceptors (Lipinski definition) is 1. The summed E-state index contributed by atoms with van der Waals surface area (Å²) in [4.78, 5) is 3.58. The Morgan fingerprint density at radius 2 is 2.07 bits per heavy atom. The van der Waals surface area contributed by atoms with Crippen molar-refractivity contribution in [3.8, 4) is 0 Å². The quantitative estimate of drug-likeness (QED) is 0.831. The molecule has 84 valence electrons. The molecule has 1 rings (SSSR count). The van der Waals surface area contributed by atoms with Crippen LogP contribution in [0.25, 0.3) is 0 Å². The monoisotopic (exact) mass is 219 g/mol. The van der Waals surface area contributed by atoms with Crippen LogP contribution in [0.4, 0.5) is 13.2 Å². The first-order valence-electron chi connectivity index (χ1n) is 4.82. The predicted molar refractivity (Wildman–Crippen MR) is 49.8 cm³/mol. The molecule has 0 aliphatic carbocycles. The summed E-state index contributed by atoms with van der Waals surface area (Å²) in [7, 11) is 0. The topological polar surface area (TPSA) is 40.5 Å². The van der Waals surface area contributed by atoms with Gasteiger partial charge in [0.15, 0.2) is 0 Å². The molecular weight excluding hydrogens is 205 g/mol. The Morgan fingerprint density at radius 1 is 1.40 bits per heavy atom. The minimum atomic E-state index is -4.37. The molecule has 0 fully saturated rings. The van der Waals surface area contributed by atoms with Gasteiger partial charge in [-0.05, 0) is 12.1 Å². The Hall–Kier alpha value is -1.10. The summed E-state index contributed by atoms with van der Waals surface area (Å²) in [6.07, 6.45) is -2.75. The molecule has 1 aromatic heterocycles. The highest BCUT2D eigenvalue weighted by Gasteiger charge is 2.32. The molecule has 0 bridgehead atoms. The third-order valence-electron chi connectivity index (χ3n) is 2.12. The van der Waals surface area contributed by atoms with Crippen LogP contribution in [0.3, 0.4) is 0 Å². The van der Waals surface area contributed by atoms with E-state index in [1.807, 2.05) is 6.92 Å². The second-order valence-corrected chi connectivity index (χ2v) is 3.43. The molecule has 0 radical (unpaired) electrons. The highest BCUT2D eigenvalue weighted by molar-refractivity contribution is 5.15. The van der Waals surface area contributed by atoms with E-state index in [2.05, 4.69) is 10.7 Å². The molecule has 0 aromatic carbocycles. The Morgan fingerprint density at radius 3 is 2.60 bits per heavy atom. The van der Waals surface area contributed by atoms with Crippen LogP contribution in [0.2, 0.25) is 0 Å². The number of hydrogen-bond donors (Lipinski definition) is 1. The lowest BCUT2D eigenvalue weighted by Gasteiger charge is -2.10. The summed E-state index contributed by atoms with van der Waals surface area (Å²) in [6, 6.07) is 3.77. The van der Waals surface area contributed by atoms with Crippen molar-refractivity contribution in [3.05, 3.63) is 29.6 Å². The first-order valence-corrected chi connectivity index (χ1v) is 4.82. The molecule has 1 aromatic rings. The van der Waals surface area contributed by atoms with Gasteiger partial charge in [0.25, 0.3) is 0 Å². The minimum absolute atomic E-state index is 0.169.